The van der Waals surface area contributed by atoms with Gasteiger partial charge in [-0.25, -0.2) is 10.3 Å². The van der Waals surface area contributed by atoms with Crippen LogP contribution in [0.3, 0.4) is 0 Å². The Kier molecular flexibility index (Phi) is 10.9. The average Bonchev–Trinajstić information content (AvgIpc) is 3.26. The van der Waals surface area contributed by atoms with Gasteiger partial charge in [-0.05, 0) is 88.9 Å². The summed E-state index contributed by atoms with van der Waals surface area (Å²) in [6, 6.07) is 11.9. The second-order valence-corrected chi connectivity index (χ2v) is 11.9. The molecule has 0 aromatic heterocycles. The highest BCUT2D eigenvalue weighted by Gasteiger charge is 2.46. The Bertz CT molecular complexity index is 1390. The molecule has 2 aromatic rings. The molecule has 1 unspecified atom stereocenters. The van der Waals surface area contributed by atoms with Crippen LogP contribution in [-0.2, 0) is 35.9 Å². The van der Waals surface area contributed by atoms with Crippen LogP contribution < -0.4 is 26.2 Å². The Hall–Kier alpha value is -4.65. The van der Waals surface area contributed by atoms with E-state index in [0.29, 0.717) is 24.4 Å². The fourth-order valence-corrected chi connectivity index (χ4v) is 4.76. The largest absolute Gasteiger partial charge is 0.489 e. The van der Waals surface area contributed by atoms with Crippen LogP contribution >= 0.6 is 0 Å². The number of benzene rings is 2. The second kappa shape index (κ2) is 14.2. The third-order valence-electron chi connectivity index (χ3n) is 7.10. The van der Waals surface area contributed by atoms with E-state index in [0.717, 1.165) is 16.7 Å². The molecule has 3 rings (SSSR count). The molecule has 1 aliphatic rings. The molecule has 1 aliphatic heterocycles. The van der Waals surface area contributed by atoms with Crippen LogP contribution in [0.5, 0.6) is 5.75 Å². The fourth-order valence-electron chi connectivity index (χ4n) is 4.76. The molecule has 2 atom stereocenters. The van der Waals surface area contributed by atoms with Gasteiger partial charge in [0.15, 0.2) is 0 Å². The summed E-state index contributed by atoms with van der Waals surface area (Å²) in [6.07, 6.45) is -0.201. The summed E-state index contributed by atoms with van der Waals surface area (Å²) >= 11 is 0. The summed E-state index contributed by atoms with van der Waals surface area (Å²) in [5.41, 5.74) is 3.13. The maximum Gasteiger partial charge on any atom is 0.408 e. The zero-order valence-corrected chi connectivity index (χ0v) is 25.9. The number of carbonyl (C=O) groups is 5. The van der Waals surface area contributed by atoms with Crippen molar-refractivity contribution in [3.63, 3.8) is 0 Å². The average molecular weight is 612 g/mol. The SMILES string of the molecule is Cc1cc(COc2ccc(C3(C)CCN([C@H](C)C(=O)NO)C3=O)cc2)cc(NC(=O)CNC(=O)CNC(=O)OC(C)(C)C)c1. The van der Waals surface area contributed by atoms with Gasteiger partial charge in [0.25, 0.3) is 5.91 Å². The van der Waals surface area contributed by atoms with Crippen molar-refractivity contribution in [2.75, 3.05) is 25.0 Å². The number of anilines is 1. The number of hydrogen-bond acceptors (Lipinski definition) is 8. The van der Waals surface area contributed by atoms with Crippen LogP contribution in [0.25, 0.3) is 0 Å². The van der Waals surface area contributed by atoms with E-state index in [1.165, 1.54) is 4.90 Å². The van der Waals surface area contributed by atoms with Crippen molar-refractivity contribution < 1.29 is 38.7 Å². The minimum atomic E-state index is -0.805. The number of rotatable bonds is 11. The van der Waals surface area contributed by atoms with Crippen molar-refractivity contribution in [1.29, 1.82) is 0 Å². The maximum atomic E-state index is 13.2. The Labute approximate surface area is 256 Å². The summed E-state index contributed by atoms with van der Waals surface area (Å²) in [5.74, 6) is -1.22. The first-order valence-corrected chi connectivity index (χ1v) is 14.2. The zero-order valence-electron chi connectivity index (χ0n) is 25.9. The minimum Gasteiger partial charge on any atom is -0.489 e. The van der Waals surface area contributed by atoms with E-state index in [4.69, 9.17) is 14.7 Å². The minimum absolute atomic E-state index is 0.186. The number of hydroxylamine groups is 1. The molecule has 13 nitrogen and oxygen atoms in total. The summed E-state index contributed by atoms with van der Waals surface area (Å²) in [7, 11) is 0. The predicted molar refractivity (Wildman–Crippen MR) is 161 cm³/mol. The zero-order chi connectivity index (χ0) is 32.7. The molecule has 13 heteroatoms. The van der Waals surface area contributed by atoms with Gasteiger partial charge in [-0.2, -0.15) is 0 Å². The normalized spacial score (nSPS) is 17.0. The molecule has 1 heterocycles. The highest BCUT2D eigenvalue weighted by Crippen LogP contribution is 2.37. The molecule has 5 amide bonds. The van der Waals surface area contributed by atoms with E-state index in [1.54, 1.807) is 57.4 Å². The highest BCUT2D eigenvalue weighted by molar-refractivity contribution is 5.95. The van der Waals surface area contributed by atoms with Gasteiger partial charge in [-0.15, -0.1) is 0 Å². The number of nitrogens with one attached hydrogen (secondary N) is 4. The van der Waals surface area contributed by atoms with Gasteiger partial charge >= 0.3 is 6.09 Å². The molecule has 1 saturated heterocycles. The first-order chi connectivity index (χ1) is 20.6. The van der Waals surface area contributed by atoms with Crippen LogP contribution in [0.15, 0.2) is 42.5 Å². The molecular formula is C31H41N5O8. The molecular weight excluding hydrogens is 570 g/mol. The lowest BCUT2D eigenvalue weighted by atomic mass is 9.81. The van der Waals surface area contributed by atoms with Crippen LogP contribution in [-0.4, -0.2) is 71.1 Å². The number of amides is 5. The molecule has 238 valence electrons. The Morgan fingerprint density at radius 1 is 1.02 bits per heavy atom. The first-order valence-electron chi connectivity index (χ1n) is 14.2. The number of hydrogen-bond donors (Lipinski definition) is 5. The molecule has 0 radical (unpaired) electrons. The Morgan fingerprint density at radius 2 is 1.68 bits per heavy atom. The standard InChI is InChI=1S/C31H41N5O8/c1-19-13-21(15-23(14-19)34-26(38)17-32-25(37)16-33-29(41)44-30(3,4)5)18-43-24-9-7-22(8-10-24)31(6)11-12-36(28(31)40)20(2)27(39)35-42/h7-10,13-15,20,42H,11-12,16-18H2,1-6H3,(H,32,37)(H,33,41)(H,34,38)(H,35,39)/t20-,31?/m1/s1. The van der Waals surface area contributed by atoms with Gasteiger partial charge in [-0.3, -0.25) is 24.4 Å². The topological polar surface area (TPSA) is 175 Å². The summed E-state index contributed by atoms with van der Waals surface area (Å²) < 4.78 is 11.0. The van der Waals surface area contributed by atoms with Crippen LogP contribution in [0, 0.1) is 6.92 Å². The van der Waals surface area contributed by atoms with E-state index < -0.39 is 40.9 Å². The van der Waals surface area contributed by atoms with E-state index >= 15 is 0 Å². The molecule has 0 saturated carbocycles. The van der Waals surface area contributed by atoms with E-state index in [-0.39, 0.29) is 25.6 Å². The van der Waals surface area contributed by atoms with Crippen LogP contribution in [0.4, 0.5) is 10.5 Å². The van der Waals surface area contributed by atoms with Crippen molar-refractivity contribution in [3.05, 3.63) is 59.2 Å². The monoisotopic (exact) mass is 611 g/mol. The lowest BCUT2D eigenvalue weighted by Gasteiger charge is -2.27. The summed E-state index contributed by atoms with van der Waals surface area (Å²) in [4.78, 5) is 62.5. The Morgan fingerprint density at radius 3 is 2.32 bits per heavy atom. The third kappa shape index (κ3) is 9.17. The molecule has 0 bridgehead atoms. The summed E-state index contributed by atoms with van der Waals surface area (Å²) in [6.45, 7) is 10.4. The second-order valence-electron chi connectivity index (χ2n) is 11.9. The van der Waals surface area contributed by atoms with E-state index in [2.05, 4.69) is 16.0 Å². The number of likely N-dealkylation sites (tertiary alicyclic amines) is 1. The van der Waals surface area contributed by atoms with Crippen molar-refractivity contribution in [1.82, 2.24) is 21.0 Å². The first kappa shape index (κ1) is 33.8. The van der Waals surface area contributed by atoms with Crippen molar-refractivity contribution in [2.45, 2.75) is 71.6 Å². The third-order valence-corrected chi connectivity index (χ3v) is 7.10. The van der Waals surface area contributed by atoms with Gasteiger partial charge in [-0.1, -0.05) is 18.2 Å². The van der Waals surface area contributed by atoms with Gasteiger partial charge in [0.2, 0.25) is 17.7 Å². The lowest BCUT2D eigenvalue weighted by Crippen LogP contribution is -2.47. The van der Waals surface area contributed by atoms with Gasteiger partial charge in [0.05, 0.1) is 12.0 Å². The fraction of sp³-hybridized carbons (Fsp3) is 0.452. The lowest BCUT2D eigenvalue weighted by molar-refractivity contribution is -0.143. The van der Waals surface area contributed by atoms with E-state index in [9.17, 15) is 24.0 Å². The van der Waals surface area contributed by atoms with Crippen molar-refractivity contribution in [2.24, 2.45) is 0 Å². The predicted octanol–water partition coefficient (Wildman–Crippen LogP) is 2.54. The van der Waals surface area contributed by atoms with Crippen molar-refractivity contribution in [3.8, 4) is 5.75 Å². The quantitative estimate of drug-likeness (QED) is 0.190. The molecule has 44 heavy (non-hydrogen) atoms. The number of nitrogens with zero attached hydrogens (tertiary/aromatic N) is 1. The van der Waals surface area contributed by atoms with Gasteiger partial charge in [0.1, 0.15) is 30.5 Å². The van der Waals surface area contributed by atoms with Crippen LogP contribution in [0.2, 0.25) is 0 Å². The van der Waals surface area contributed by atoms with Gasteiger partial charge < -0.3 is 30.3 Å². The van der Waals surface area contributed by atoms with Crippen LogP contribution in [0.1, 0.15) is 57.7 Å². The Balaban J connectivity index is 1.51. The molecule has 0 aliphatic carbocycles. The number of carbonyl (C=O) groups excluding carboxylic acids is 5. The van der Waals surface area contributed by atoms with E-state index in [1.807, 2.05) is 32.0 Å². The highest BCUT2D eigenvalue weighted by atomic mass is 16.6. The summed E-state index contributed by atoms with van der Waals surface area (Å²) in [5, 5.41) is 16.4. The number of ether oxygens (including phenoxy) is 2. The number of aryl methyl sites for hydroxylation is 1. The molecule has 2 aromatic carbocycles. The molecule has 1 fully saturated rings. The number of alkyl carbamates (subject to hydrolysis) is 1. The molecule has 5 N–H and O–H groups in total. The molecule has 0 spiro atoms. The maximum absolute atomic E-state index is 13.2. The van der Waals surface area contributed by atoms with Gasteiger partial charge in [0, 0.05) is 12.2 Å². The van der Waals surface area contributed by atoms with Crippen molar-refractivity contribution >= 4 is 35.4 Å². The smallest absolute Gasteiger partial charge is 0.408 e.